The first-order valence-electron chi connectivity index (χ1n) is 9.12. The Hall–Kier alpha value is -2.11. The van der Waals surface area contributed by atoms with Gasteiger partial charge in [-0.25, -0.2) is 4.98 Å². The van der Waals surface area contributed by atoms with E-state index in [2.05, 4.69) is 13.0 Å². The Morgan fingerprint density at radius 3 is 2.81 bits per heavy atom. The number of ether oxygens (including phenoxy) is 1. The second-order valence-corrected chi connectivity index (χ2v) is 7.47. The molecule has 26 heavy (non-hydrogen) atoms. The van der Waals surface area contributed by atoms with Crippen LogP contribution < -0.4 is 5.56 Å². The van der Waals surface area contributed by atoms with Gasteiger partial charge in [0.05, 0.1) is 22.7 Å². The number of hydrogen-bond acceptors (Lipinski definition) is 4. The first kappa shape index (κ1) is 17.3. The largest absolute Gasteiger partial charge is 0.377 e. The highest BCUT2D eigenvalue weighted by Gasteiger charge is 2.19. The van der Waals surface area contributed by atoms with Gasteiger partial charge in [0.1, 0.15) is 0 Å². The van der Waals surface area contributed by atoms with Gasteiger partial charge in [-0.15, -0.1) is 0 Å². The van der Waals surface area contributed by atoms with Crippen molar-refractivity contribution in [1.29, 1.82) is 0 Å². The lowest BCUT2D eigenvalue weighted by atomic mass is 10.1. The zero-order valence-corrected chi connectivity index (χ0v) is 15.7. The van der Waals surface area contributed by atoms with Crippen molar-refractivity contribution < 1.29 is 4.74 Å². The van der Waals surface area contributed by atoms with Crippen LogP contribution in [0.1, 0.15) is 25.3 Å². The summed E-state index contributed by atoms with van der Waals surface area (Å²) in [5.74, 6) is 0.819. The summed E-state index contributed by atoms with van der Waals surface area (Å²) in [7, 11) is 0. The molecule has 1 saturated heterocycles. The molecule has 0 bridgehead atoms. The minimum atomic E-state index is -0.00802. The third-order valence-electron chi connectivity index (χ3n) is 4.78. The number of hydrogen-bond donors (Lipinski definition) is 0. The highest BCUT2D eigenvalue weighted by Crippen LogP contribution is 2.26. The molecule has 3 aromatic rings. The van der Waals surface area contributed by atoms with Gasteiger partial charge in [0.2, 0.25) is 0 Å². The van der Waals surface area contributed by atoms with Crippen LogP contribution in [0.5, 0.6) is 0 Å². The number of aryl methyl sites for hydroxylation is 1. The smallest absolute Gasteiger partial charge is 0.266 e. The minimum Gasteiger partial charge on any atom is -0.377 e. The number of para-hydroxylation sites is 2. The summed E-state index contributed by atoms with van der Waals surface area (Å²) in [6, 6.07) is 15.6. The van der Waals surface area contributed by atoms with Gasteiger partial charge >= 0.3 is 0 Å². The van der Waals surface area contributed by atoms with Crippen molar-refractivity contribution in [3.05, 3.63) is 64.4 Å². The maximum Gasteiger partial charge on any atom is 0.266 e. The molecule has 5 heteroatoms. The summed E-state index contributed by atoms with van der Waals surface area (Å²) in [5.41, 5.74) is 2.81. The molecule has 4 nitrogen and oxygen atoms in total. The zero-order valence-electron chi connectivity index (χ0n) is 14.9. The van der Waals surface area contributed by atoms with Gasteiger partial charge in [-0.1, -0.05) is 49.0 Å². The Morgan fingerprint density at radius 2 is 2.00 bits per heavy atom. The van der Waals surface area contributed by atoms with Crippen LogP contribution in [0, 0.1) is 0 Å². The van der Waals surface area contributed by atoms with Gasteiger partial charge in [-0.3, -0.25) is 9.36 Å². The Kier molecular flexibility index (Phi) is 5.09. The van der Waals surface area contributed by atoms with Crippen molar-refractivity contribution in [1.82, 2.24) is 9.55 Å². The topological polar surface area (TPSA) is 44.1 Å². The van der Waals surface area contributed by atoms with E-state index >= 15 is 0 Å². The Bertz CT molecular complexity index is 977. The molecule has 1 aliphatic heterocycles. The minimum absolute atomic E-state index is 0.00802. The van der Waals surface area contributed by atoms with Gasteiger partial charge in [0, 0.05) is 12.4 Å². The molecular weight excluding hydrogens is 344 g/mol. The second kappa shape index (κ2) is 7.64. The van der Waals surface area contributed by atoms with Crippen LogP contribution >= 0.6 is 11.8 Å². The molecule has 1 atom stereocenters. The molecule has 2 aromatic carbocycles. The highest BCUT2D eigenvalue weighted by molar-refractivity contribution is 7.99. The molecule has 2 heterocycles. The van der Waals surface area contributed by atoms with Gasteiger partial charge in [-0.05, 0) is 43.0 Å². The molecule has 0 saturated carbocycles. The van der Waals surface area contributed by atoms with Crippen molar-refractivity contribution in [2.24, 2.45) is 0 Å². The molecule has 0 aliphatic carbocycles. The van der Waals surface area contributed by atoms with E-state index in [4.69, 9.17) is 9.72 Å². The molecule has 0 spiro atoms. The summed E-state index contributed by atoms with van der Waals surface area (Å²) in [6.07, 6.45) is 3.31. The fraction of sp³-hybridized carbons (Fsp3) is 0.333. The molecule has 1 aliphatic rings. The summed E-state index contributed by atoms with van der Waals surface area (Å²) in [5, 5.41) is 1.39. The summed E-state index contributed by atoms with van der Waals surface area (Å²) < 4.78 is 7.53. The lowest BCUT2D eigenvalue weighted by Crippen LogP contribution is -2.23. The lowest BCUT2D eigenvalue weighted by molar-refractivity contribution is 0.129. The molecule has 1 fully saturated rings. The summed E-state index contributed by atoms with van der Waals surface area (Å²) in [4.78, 5) is 18.1. The molecule has 0 N–H and O–H groups in total. The SMILES string of the molecule is CCc1ccccc1-n1c(SC[C@@H]2CCCO2)nc2ccccc2c1=O. The molecule has 0 amide bonds. The Labute approximate surface area is 157 Å². The van der Waals surface area contributed by atoms with E-state index in [-0.39, 0.29) is 11.7 Å². The van der Waals surface area contributed by atoms with Crippen LogP contribution in [0.2, 0.25) is 0 Å². The Morgan fingerprint density at radius 1 is 1.19 bits per heavy atom. The Balaban J connectivity index is 1.86. The zero-order chi connectivity index (χ0) is 17.9. The number of fused-ring (bicyclic) bond motifs is 1. The third-order valence-corrected chi connectivity index (χ3v) is 5.85. The van der Waals surface area contributed by atoms with Gasteiger partial charge in [0.15, 0.2) is 5.16 Å². The predicted molar refractivity (Wildman–Crippen MR) is 106 cm³/mol. The lowest BCUT2D eigenvalue weighted by Gasteiger charge is -2.17. The van der Waals surface area contributed by atoms with Crippen LogP contribution in [-0.2, 0) is 11.2 Å². The molecule has 4 rings (SSSR count). The number of benzene rings is 2. The summed E-state index contributed by atoms with van der Waals surface area (Å²) >= 11 is 1.61. The number of aromatic nitrogens is 2. The number of rotatable bonds is 5. The van der Waals surface area contributed by atoms with E-state index < -0.39 is 0 Å². The average Bonchev–Trinajstić information content (AvgIpc) is 3.20. The van der Waals surface area contributed by atoms with E-state index in [9.17, 15) is 4.79 Å². The van der Waals surface area contributed by atoms with Gasteiger partial charge in [-0.2, -0.15) is 0 Å². The molecule has 0 unspecified atom stereocenters. The van der Waals surface area contributed by atoms with E-state index in [0.717, 1.165) is 53.5 Å². The van der Waals surface area contributed by atoms with Crippen LogP contribution in [0.4, 0.5) is 0 Å². The van der Waals surface area contributed by atoms with Crippen molar-refractivity contribution in [2.75, 3.05) is 12.4 Å². The van der Waals surface area contributed by atoms with Crippen molar-refractivity contribution in [2.45, 2.75) is 37.4 Å². The van der Waals surface area contributed by atoms with Crippen LogP contribution in [0.15, 0.2) is 58.5 Å². The molecular formula is C21H22N2O2S. The van der Waals surface area contributed by atoms with Gasteiger partial charge in [0.25, 0.3) is 5.56 Å². The molecule has 134 valence electrons. The highest BCUT2D eigenvalue weighted by atomic mass is 32.2. The fourth-order valence-electron chi connectivity index (χ4n) is 3.39. The van der Waals surface area contributed by atoms with E-state index in [0.29, 0.717) is 5.39 Å². The maximum absolute atomic E-state index is 13.3. The van der Waals surface area contributed by atoms with Crippen molar-refractivity contribution >= 4 is 22.7 Å². The number of thioether (sulfide) groups is 1. The van der Waals surface area contributed by atoms with E-state index in [1.54, 1.807) is 16.3 Å². The molecule has 0 radical (unpaired) electrons. The normalized spacial score (nSPS) is 17.0. The van der Waals surface area contributed by atoms with E-state index in [1.165, 1.54) is 0 Å². The van der Waals surface area contributed by atoms with Crippen LogP contribution in [0.25, 0.3) is 16.6 Å². The number of nitrogens with zero attached hydrogens (tertiary/aromatic N) is 2. The second-order valence-electron chi connectivity index (χ2n) is 6.48. The summed E-state index contributed by atoms with van der Waals surface area (Å²) in [6.45, 7) is 2.94. The first-order chi connectivity index (χ1) is 12.8. The quantitative estimate of drug-likeness (QED) is 0.501. The van der Waals surface area contributed by atoms with Crippen LogP contribution in [0.3, 0.4) is 0 Å². The predicted octanol–water partition coefficient (Wildman–Crippen LogP) is 4.22. The fourth-order valence-corrected chi connectivity index (χ4v) is 4.46. The van der Waals surface area contributed by atoms with Crippen molar-refractivity contribution in [3.8, 4) is 5.69 Å². The standard InChI is InChI=1S/C21H22N2O2S/c1-2-15-8-3-6-12-19(15)23-20(24)17-10-4-5-11-18(17)22-21(23)26-14-16-9-7-13-25-16/h3-6,8,10-12,16H,2,7,9,13-14H2,1H3/t16-/m0/s1. The maximum atomic E-state index is 13.3. The monoisotopic (exact) mass is 366 g/mol. The van der Waals surface area contributed by atoms with Gasteiger partial charge < -0.3 is 4.74 Å². The third kappa shape index (κ3) is 3.29. The average molecular weight is 366 g/mol. The van der Waals surface area contributed by atoms with Crippen LogP contribution in [-0.4, -0.2) is 28.0 Å². The van der Waals surface area contributed by atoms with Crippen molar-refractivity contribution in [3.63, 3.8) is 0 Å². The molecule has 1 aromatic heterocycles. The first-order valence-corrected chi connectivity index (χ1v) is 10.1. The van der Waals surface area contributed by atoms with E-state index in [1.807, 2.05) is 42.5 Å².